The molecular weight excluding hydrogens is 403 g/mol. The minimum Gasteiger partial charge on any atom is -0.486 e. The molecule has 28 heavy (non-hydrogen) atoms. The van der Waals surface area contributed by atoms with Crippen LogP contribution < -0.4 is 4.74 Å². The first-order valence-electron chi connectivity index (χ1n) is 8.20. The van der Waals surface area contributed by atoms with Crippen LogP contribution in [0.15, 0.2) is 60.7 Å². The van der Waals surface area contributed by atoms with Crippen molar-refractivity contribution in [2.24, 2.45) is 0 Å². The van der Waals surface area contributed by atoms with Crippen LogP contribution in [0, 0.1) is 23.0 Å². The molecule has 0 aliphatic heterocycles. The molecule has 0 amide bonds. The highest BCUT2D eigenvalue weighted by Gasteiger charge is 2.11. The van der Waals surface area contributed by atoms with Crippen molar-refractivity contribution >= 4 is 34.9 Å². The largest absolute Gasteiger partial charge is 0.486 e. The summed E-state index contributed by atoms with van der Waals surface area (Å²) < 4.78 is 32.3. The van der Waals surface area contributed by atoms with Crippen LogP contribution in [-0.4, -0.2) is 0 Å². The molecule has 0 aliphatic carbocycles. The first-order valence-corrected chi connectivity index (χ1v) is 8.96. The molecule has 0 atom stereocenters. The van der Waals surface area contributed by atoms with E-state index in [1.54, 1.807) is 36.4 Å². The standard InChI is InChI=1S/C22H13Cl2F2NO/c23-20-9-15(7-17(12-27)16-4-2-6-19(26)11-16)10-21(24)22(20)28-13-14-3-1-5-18(25)8-14/h1-11H,13H2/b17-7-. The highest BCUT2D eigenvalue weighted by molar-refractivity contribution is 6.37. The van der Waals surface area contributed by atoms with Gasteiger partial charge in [-0.25, -0.2) is 8.78 Å². The molecule has 0 spiro atoms. The lowest BCUT2D eigenvalue weighted by atomic mass is 10.0. The molecule has 0 bridgehead atoms. The van der Waals surface area contributed by atoms with Gasteiger partial charge in [0.05, 0.1) is 21.7 Å². The Bertz CT molecular complexity index is 1070. The molecule has 0 saturated heterocycles. The van der Waals surface area contributed by atoms with Crippen molar-refractivity contribution in [2.75, 3.05) is 0 Å². The lowest BCUT2D eigenvalue weighted by molar-refractivity contribution is 0.306. The summed E-state index contributed by atoms with van der Waals surface area (Å²) >= 11 is 12.5. The topological polar surface area (TPSA) is 33.0 Å². The fourth-order valence-electron chi connectivity index (χ4n) is 2.59. The third kappa shape index (κ3) is 4.89. The molecule has 0 N–H and O–H groups in total. The molecule has 0 heterocycles. The van der Waals surface area contributed by atoms with Crippen LogP contribution in [0.4, 0.5) is 8.78 Å². The predicted molar refractivity (Wildman–Crippen MR) is 107 cm³/mol. The summed E-state index contributed by atoms with van der Waals surface area (Å²) in [5.41, 5.74) is 1.91. The minimum atomic E-state index is -0.434. The maximum atomic E-state index is 13.4. The van der Waals surface area contributed by atoms with Gasteiger partial charge in [0.25, 0.3) is 0 Å². The number of rotatable bonds is 5. The van der Waals surface area contributed by atoms with Crippen molar-refractivity contribution < 1.29 is 13.5 Å². The normalized spacial score (nSPS) is 11.2. The number of hydrogen-bond donors (Lipinski definition) is 0. The van der Waals surface area contributed by atoms with Gasteiger partial charge in [0.2, 0.25) is 0 Å². The highest BCUT2D eigenvalue weighted by atomic mass is 35.5. The Balaban J connectivity index is 1.86. The molecule has 0 aliphatic rings. The molecule has 0 saturated carbocycles. The van der Waals surface area contributed by atoms with Crippen LogP contribution in [0.25, 0.3) is 11.6 Å². The van der Waals surface area contributed by atoms with E-state index in [0.29, 0.717) is 16.7 Å². The number of halogens is 4. The van der Waals surface area contributed by atoms with E-state index < -0.39 is 5.82 Å². The van der Waals surface area contributed by atoms with Crippen LogP contribution in [0.3, 0.4) is 0 Å². The van der Waals surface area contributed by atoms with E-state index in [1.807, 2.05) is 6.07 Å². The van der Waals surface area contributed by atoms with E-state index >= 15 is 0 Å². The molecule has 0 fully saturated rings. The molecule has 0 aromatic heterocycles. The lowest BCUT2D eigenvalue weighted by Crippen LogP contribution is -1.97. The zero-order chi connectivity index (χ0) is 20.1. The molecule has 6 heteroatoms. The maximum Gasteiger partial charge on any atom is 0.157 e. The van der Waals surface area contributed by atoms with E-state index in [0.717, 1.165) is 0 Å². The Morgan fingerprint density at radius 2 is 1.61 bits per heavy atom. The molecule has 140 valence electrons. The molecule has 0 unspecified atom stereocenters. The van der Waals surface area contributed by atoms with Crippen LogP contribution in [0.2, 0.25) is 10.0 Å². The van der Waals surface area contributed by atoms with Crippen molar-refractivity contribution in [3.63, 3.8) is 0 Å². The zero-order valence-corrected chi connectivity index (χ0v) is 15.9. The summed E-state index contributed by atoms with van der Waals surface area (Å²) in [7, 11) is 0. The molecular formula is C22H13Cl2F2NO. The Morgan fingerprint density at radius 1 is 0.964 bits per heavy atom. The summed E-state index contributed by atoms with van der Waals surface area (Å²) in [6.07, 6.45) is 1.56. The quantitative estimate of drug-likeness (QED) is 0.334. The second-order valence-corrected chi connectivity index (χ2v) is 6.73. The van der Waals surface area contributed by atoms with Crippen LogP contribution in [0.1, 0.15) is 16.7 Å². The smallest absolute Gasteiger partial charge is 0.157 e. The van der Waals surface area contributed by atoms with Crippen molar-refractivity contribution in [3.8, 4) is 11.8 Å². The van der Waals surface area contributed by atoms with Crippen LogP contribution >= 0.6 is 23.2 Å². The average molecular weight is 416 g/mol. The first kappa shape index (κ1) is 19.9. The fourth-order valence-corrected chi connectivity index (χ4v) is 3.20. The third-order valence-corrected chi connectivity index (χ3v) is 4.42. The lowest BCUT2D eigenvalue weighted by Gasteiger charge is -2.11. The van der Waals surface area contributed by atoms with Crippen LogP contribution in [0.5, 0.6) is 5.75 Å². The summed E-state index contributed by atoms with van der Waals surface area (Å²) in [4.78, 5) is 0. The summed E-state index contributed by atoms with van der Waals surface area (Å²) in [6.45, 7) is 0.0964. The first-order chi connectivity index (χ1) is 13.5. The van der Waals surface area contributed by atoms with E-state index in [4.69, 9.17) is 27.9 Å². The SMILES string of the molecule is N#C/C(=C/c1cc(Cl)c(OCc2cccc(F)c2)c(Cl)c1)c1cccc(F)c1. The van der Waals surface area contributed by atoms with E-state index in [9.17, 15) is 14.0 Å². The van der Waals surface area contributed by atoms with Gasteiger partial charge in [-0.15, -0.1) is 0 Å². The summed E-state index contributed by atoms with van der Waals surface area (Å²) in [6, 6.07) is 17.0. The Labute approximate surface area is 171 Å². The minimum absolute atomic E-state index is 0.0964. The van der Waals surface area contributed by atoms with Crippen molar-refractivity contribution in [1.82, 2.24) is 0 Å². The zero-order valence-electron chi connectivity index (χ0n) is 14.4. The highest BCUT2D eigenvalue weighted by Crippen LogP contribution is 2.36. The van der Waals surface area contributed by atoms with Gasteiger partial charge in [0.15, 0.2) is 5.75 Å². The van der Waals surface area contributed by atoms with Crippen molar-refractivity contribution in [2.45, 2.75) is 6.61 Å². The molecule has 3 aromatic carbocycles. The Hall–Kier alpha value is -2.87. The second-order valence-electron chi connectivity index (χ2n) is 5.91. The van der Waals surface area contributed by atoms with Gasteiger partial charge >= 0.3 is 0 Å². The third-order valence-electron chi connectivity index (χ3n) is 3.86. The summed E-state index contributed by atoms with van der Waals surface area (Å²) in [5.74, 6) is -0.537. The molecule has 3 rings (SSSR count). The number of benzene rings is 3. The van der Waals surface area contributed by atoms with Gasteiger partial charge in [-0.3, -0.25) is 0 Å². The average Bonchev–Trinajstić information content (AvgIpc) is 2.65. The monoisotopic (exact) mass is 415 g/mol. The van der Waals surface area contributed by atoms with E-state index in [1.165, 1.54) is 30.3 Å². The molecule has 0 radical (unpaired) electrons. The van der Waals surface area contributed by atoms with E-state index in [2.05, 4.69) is 0 Å². The van der Waals surface area contributed by atoms with Gasteiger partial charge in [-0.2, -0.15) is 5.26 Å². The Morgan fingerprint density at radius 3 is 2.21 bits per heavy atom. The predicted octanol–water partition coefficient (Wildman–Crippen LogP) is 6.91. The number of nitrogens with zero attached hydrogens (tertiary/aromatic N) is 1. The van der Waals surface area contributed by atoms with Gasteiger partial charge in [-0.1, -0.05) is 47.5 Å². The number of allylic oxidation sites excluding steroid dienone is 1. The summed E-state index contributed by atoms with van der Waals surface area (Å²) in [5, 5.41) is 9.88. The van der Waals surface area contributed by atoms with Gasteiger partial charge in [0, 0.05) is 0 Å². The van der Waals surface area contributed by atoms with Crippen molar-refractivity contribution in [3.05, 3.63) is 99.0 Å². The molecule has 2 nitrogen and oxygen atoms in total. The van der Waals surface area contributed by atoms with E-state index in [-0.39, 0.29) is 33.8 Å². The van der Waals surface area contributed by atoms with Gasteiger partial charge in [-0.05, 0) is 59.2 Å². The van der Waals surface area contributed by atoms with Crippen LogP contribution in [-0.2, 0) is 6.61 Å². The van der Waals surface area contributed by atoms with Crippen molar-refractivity contribution in [1.29, 1.82) is 5.26 Å². The second kappa shape index (κ2) is 8.88. The fraction of sp³-hybridized carbons (Fsp3) is 0.0455. The Kier molecular flexibility index (Phi) is 6.30. The number of hydrogen-bond acceptors (Lipinski definition) is 2. The maximum absolute atomic E-state index is 13.4. The molecule has 3 aromatic rings. The number of ether oxygens (including phenoxy) is 1. The number of nitriles is 1. The van der Waals surface area contributed by atoms with Gasteiger partial charge in [0.1, 0.15) is 18.2 Å². The van der Waals surface area contributed by atoms with Gasteiger partial charge < -0.3 is 4.74 Å².